The summed E-state index contributed by atoms with van der Waals surface area (Å²) in [5, 5.41) is 9.08. The molecule has 22 heavy (non-hydrogen) atoms. The number of aryl methyl sites for hydroxylation is 1. The third-order valence-electron chi connectivity index (χ3n) is 2.86. The molecule has 2 aromatic rings. The van der Waals surface area contributed by atoms with Crippen molar-refractivity contribution in [2.24, 2.45) is 5.73 Å². The summed E-state index contributed by atoms with van der Waals surface area (Å²) in [6.45, 7) is 3.87. The van der Waals surface area contributed by atoms with Crippen LogP contribution < -0.4 is 5.73 Å². The van der Waals surface area contributed by atoms with Crippen LogP contribution in [0.25, 0.3) is 0 Å². The maximum absolute atomic E-state index is 12.6. The molecule has 1 atom stereocenters. The van der Waals surface area contributed by atoms with E-state index in [1.165, 1.54) is 11.1 Å². The molecule has 3 N–H and O–H groups in total. The lowest BCUT2D eigenvalue weighted by Crippen LogP contribution is -2.15. The number of carbonyl (C=O) groups excluding carboxylic acids is 1. The Kier molecular flexibility index (Phi) is 6.66. The highest BCUT2D eigenvalue weighted by atomic mass is 19.1. The highest BCUT2D eigenvalue weighted by Gasteiger charge is 2.12. The van der Waals surface area contributed by atoms with Crippen LogP contribution in [0.15, 0.2) is 42.5 Å². The SMILES string of the molecule is Cc1ccc(C[C@@H](C)O)cc1.NC(=O)c1c(F)cccc1F. The lowest BCUT2D eigenvalue weighted by Gasteiger charge is -2.03. The van der Waals surface area contributed by atoms with Gasteiger partial charge in [-0.1, -0.05) is 35.9 Å². The van der Waals surface area contributed by atoms with Crippen molar-refractivity contribution in [1.29, 1.82) is 0 Å². The summed E-state index contributed by atoms with van der Waals surface area (Å²) in [4.78, 5) is 10.4. The first kappa shape index (κ1) is 17.8. The van der Waals surface area contributed by atoms with Crippen molar-refractivity contribution in [2.45, 2.75) is 26.4 Å². The van der Waals surface area contributed by atoms with E-state index >= 15 is 0 Å². The van der Waals surface area contributed by atoms with E-state index in [0.717, 1.165) is 24.6 Å². The number of primary amides is 1. The van der Waals surface area contributed by atoms with Crippen LogP contribution in [0.2, 0.25) is 0 Å². The second-order valence-electron chi connectivity index (χ2n) is 5.00. The maximum atomic E-state index is 12.6. The van der Waals surface area contributed by atoms with E-state index in [2.05, 4.69) is 31.2 Å². The minimum absolute atomic E-state index is 0.238. The number of rotatable bonds is 3. The molecule has 2 aromatic carbocycles. The Morgan fingerprint density at radius 2 is 1.64 bits per heavy atom. The number of aliphatic hydroxyl groups is 1. The highest BCUT2D eigenvalue weighted by molar-refractivity contribution is 5.93. The molecule has 0 radical (unpaired) electrons. The fourth-order valence-electron chi connectivity index (χ4n) is 1.80. The Bertz CT molecular complexity index is 605. The molecule has 0 heterocycles. The van der Waals surface area contributed by atoms with Crippen molar-refractivity contribution in [3.05, 3.63) is 70.8 Å². The first-order valence-corrected chi connectivity index (χ1v) is 6.78. The molecule has 0 unspecified atom stereocenters. The van der Waals surface area contributed by atoms with Gasteiger partial charge < -0.3 is 10.8 Å². The summed E-state index contributed by atoms with van der Waals surface area (Å²) < 4.78 is 25.1. The number of halogens is 2. The molecule has 0 aliphatic heterocycles. The van der Waals surface area contributed by atoms with Crippen LogP contribution in [0.4, 0.5) is 8.78 Å². The van der Waals surface area contributed by atoms with E-state index in [0.29, 0.717) is 0 Å². The van der Waals surface area contributed by atoms with Crippen LogP contribution in [0.3, 0.4) is 0 Å². The summed E-state index contributed by atoms with van der Waals surface area (Å²) in [6.07, 6.45) is 0.512. The van der Waals surface area contributed by atoms with E-state index in [4.69, 9.17) is 10.8 Å². The molecular weight excluding hydrogens is 288 g/mol. The number of amides is 1. The van der Waals surface area contributed by atoms with Crippen LogP contribution in [0.1, 0.15) is 28.4 Å². The van der Waals surface area contributed by atoms with Crippen molar-refractivity contribution in [2.75, 3.05) is 0 Å². The molecule has 0 saturated heterocycles. The van der Waals surface area contributed by atoms with Crippen molar-refractivity contribution >= 4 is 5.91 Å². The van der Waals surface area contributed by atoms with Gasteiger partial charge in [0.25, 0.3) is 5.91 Å². The van der Waals surface area contributed by atoms with E-state index in [1.54, 1.807) is 6.92 Å². The Labute approximate surface area is 128 Å². The van der Waals surface area contributed by atoms with Crippen molar-refractivity contribution < 1.29 is 18.7 Å². The predicted octanol–water partition coefficient (Wildman–Crippen LogP) is 2.98. The molecule has 0 spiro atoms. The molecule has 0 aromatic heterocycles. The van der Waals surface area contributed by atoms with Gasteiger partial charge in [0.05, 0.1) is 6.10 Å². The van der Waals surface area contributed by atoms with Crippen LogP contribution in [0.5, 0.6) is 0 Å². The van der Waals surface area contributed by atoms with Crippen molar-refractivity contribution in [3.63, 3.8) is 0 Å². The Morgan fingerprint density at radius 1 is 1.14 bits per heavy atom. The Balaban J connectivity index is 0.000000220. The number of benzene rings is 2. The summed E-state index contributed by atoms with van der Waals surface area (Å²) in [5.74, 6) is -2.96. The average Bonchev–Trinajstić information content (AvgIpc) is 2.41. The van der Waals surface area contributed by atoms with Gasteiger partial charge in [0.15, 0.2) is 0 Å². The van der Waals surface area contributed by atoms with Gasteiger partial charge in [-0.25, -0.2) is 8.78 Å². The summed E-state index contributed by atoms with van der Waals surface area (Å²) in [5.41, 5.74) is 6.47. The van der Waals surface area contributed by atoms with Gasteiger partial charge in [0, 0.05) is 0 Å². The first-order chi connectivity index (χ1) is 10.3. The first-order valence-electron chi connectivity index (χ1n) is 6.78. The minimum atomic E-state index is -1.10. The summed E-state index contributed by atoms with van der Waals surface area (Å²) in [7, 11) is 0. The Hall–Kier alpha value is -2.27. The van der Waals surface area contributed by atoms with Gasteiger partial charge >= 0.3 is 0 Å². The number of hydrogen-bond donors (Lipinski definition) is 2. The van der Waals surface area contributed by atoms with Crippen LogP contribution in [-0.2, 0) is 6.42 Å². The molecule has 3 nitrogen and oxygen atoms in total. The predicted molar refractivity (Wildman–Crippen MR) is 81.4 cm³/mol. The smallest absolute Gasteiger partial charge is 0.254 e. The molecule has 1 amide bonds. The zero-order valence-electron chi connectivity index (χ0n) is 12.5. The number of nitrogens with two attached hydrogens (primary N) is 1. The standard InChI is InChI=1S/C10H14O.C7H5F2NO/c1-8-3-5-10(6-4-8)7-9(2)11;8-4-2-1-3-5(9)6(4)7(10)11/h3-6,9,11H,7H2,1-2H3;1-3H,(H2,10,11)/t9-;/m1./s1. The number of aliphatic hydroxyl groups excluding tert-OH is 1. The van der Waals surface area contributed by atoms with Crippen LogP contribution in [0, 0.1) is 18.6 Å². The zero-order valence-corrected chi connectivity index (χ0v) is 12.5. The van der Waals surface area contributed by atoms with Crippen molar-refractivity contribution in [3.8, 4) is 0 Å². The molecule has 118 valence electrons. The monoisotopic (exact) mass is 307 g/mol. The molecule has 2 rings (SSSR count). The molecule has 0 fully saturated rings. The topological polar surface area (TPSA) is 63.3 Å². The van der Waals surface area contributed by atoms with Gasteiger partial charge in [-0.2, -0.15) is 0 Å². The fourth-order valence-corrected chi connectivity index (χ4v) is 1.80. The molecule has 0 aliphatic rings. The third kappa shape index (κ3) is 5.61. The molecule has 0 aliphatic carbocycles. The normalized spacial score (nSPS) is 11.3. The number of hydrogen-bond acceptors (Lipinski definition) is 2. The second kappa shape index (κ2) is 8.24. The summed E-state index contributed by atoms with van der Waals surface area (Å²) >= 11 is 0. The molecule has 0 bridgehead atoms. The molecule has 0 saturated carbocycles. The second-order valence-corrected chi connectivity index (χ2v) is 5.00. The van der Waals surface area contributed by atoms with Crippen LogP contribution in [-0.4, -0.2) is 17.1 Å². The Morgan fingerprint density at radius 3 is 2.00 bits per heavy atom. The van der Waals surface area contributed by atoms with Gasteiger partial charge in [-0.15, -0.1) is 0 Å². The highest BCUT2D eigenvalue weighted by Crippen LogP contribution is 2.10. The average molecular weight is 307 g/mol. The maximum Gasteiger partial charge on any atom is 0.254 e. The number of carbonyl (C=O) groups is 1. The fraction of sp³-hybridized carbons (Fsp3) is 0.235. The largest absolute Gasteiger partial charge is 0.393 e. The van der Waals surface area contributed by atoms with Crippen molar-refractivity contribution in [1.82, 2.24) is 0 Å². The summed E-state index contributed by atoms with van der Waals surface area (Å²) in [6, 6.07) is 11.4. The van der Waals surface area contributed by atoms with E-state index in [1.807, 2.05) is 0 Å². The molecule has 5 heteroatoms. The minimum Gasteiger partial charge on any atom is -0.393 e. The third-order valence-corrected chi connectivity index (χ3v) is 2.86. The van der Waals surface area contributed by atoms with Gasteiger partial charge in [-0.05, 0) is 38.0 Å². The van der Waals surface area contributed by atoms with E-state index in [-0.39, 0.29) is 6.10 Å². The van der Waals surface area contributed by atoms with Crippen LogP contribution >= 0.6 is 0 Å². The van der Waals surface area contributed by atoms with E-state index in [9.17, 15) is 13.6 Å². The van der Waals surface area contributed by atoms with Gasteiger partial charge in [0.2, 0.25) is 0 Å². The zero-order chi connectivity index (χ0) is 16.7. The quantitative estimate of drug-likeness (QED) is 0.915. The van der Waals surface area contributed by atoms with E-state index < -0.39 is 23.1 Å². The van der Waals surface area contributed by atoms with Gasteiger partial charge in [0.1, 0.15) is 17.2 Å². The van der Waals surface area contributed by atoms with Gasteiger partial charge in [-0.3, -0.25) is 4.79 Å². The molecular formula is C17H19F2NO2. The lowest BCUT2D eigenvalue weighted by molar-refractivity contribution is 0.0992. The lowest BCUT2D eigenvalue weighted by atomic mass is 10.1.